The molecule has 0 fully saturated rings. The van der Waals surface area contributed by atoms with Gasteiger partial charge in [-0.1, -0.05) is 41.0 Å². The fourth-order valence-corrected chi connectivity index (χ4v) is 3.06. The molecule has 0 aliphatic heterocycles. The van der Waals surface area contributed by atoms with E-state index in [2.05, 4.69) is 5.16 Å². The summed E-state index contributed by atoms with van der Waals surface area (Å²) in [5, 5.41) is 4.20. The van der Waals surface area contributed by atoms with Crippen molar-refractivity contribution in [1.82, 2.24) is 0 Å². The van der Waals surface area contributed by atoms with Crippen molar-refractivity contribution in [2.75, 3.05) is 7.11 Å². The van der Waals surface area contributed by atoms with Crippen LogP contribution in [0.2, 0.25) is 5.02 Å². The Hall–Kier alpha value is -3.51. The molecule has 2 N–H and O–H groups in total. The van der Waals surface area contributed by atoms with E-state index < -0.39 is 5.97 Å². The van der Waals surface area contributed by atoms with Crippen LogP contribution in [0.3, 0.4) is 0 Å². The maximum absolute atomic E-state index is 12.4. The predicted molar refractivity (Wildman–Crippen MR) is 121 cm³/mol. The maximum atomic E-state index is 12.4. The molecule has 0 atom stereocenters. The Morgan fingerprint density at radius 1 is 1.03 bits per heavy atom. The van der Waals surface area contributed by atoms with Gasteiger partial charge in [-0.2, -0.15) is 0 Å². The van der Waals surface area contributed by atoms with Crippen LogP contribution in [0, 0.1) is 13.8 Å². The second kappa shape index (κ2) is 10.00. The summed E-state index contributed by atoms with van der Waals surface area (Å²) in [6.45, 7) is 4.31. The molecule has 0 saturated heterocycles. The van der Waals surface area contributed by atoms with Gasteiger partial charge < -0.3 is 20.0 Å². The van der Waals surface area contributed by atoms with E-state index >= 15 is 0 Å². The smallest absolute Gasteiger partial charge is 0.365 e. The molecule has 0 aliphatic carbocycles. The summed E-state index contributed by atoms with van der Waals surface area (Å²) >= 11 is 6.00. The Morgan fingerprint density at radius 2 is 1.84 bits per heavy atom. The van der Waals surface area contributed by atoms with Crippen molar-refractivity contribution >= 4 is 23.4 Å². The molecule has 0 aliphatic rings. The molecule has 0 radical (unpaired) electrons. The summed E-state index contributed by atoms with van der Waals surface area (Å²) in [6.07, 6.45) is 0. The summed E-state index contributed by atoms with van der Waals surface area (Å²) in [7, 11) is 1.50. The summed E-state index contributed by atoms with van der Waals surface area (Å²) in [4.78, 5) is 17.5. The third-order valence-corrected chi connectivity index (χ3v) is 4.80. The summed E-state index contributed by atoms with van der Waals surface area (Å²) < 4.78 is 11.1. The lowest BCUT2D eigenvalue weighted by molar-refractivity contribution is 0.0515. The topological polar surface area (TPSA) is 83.1 Å². The minimum absolute atomic E-state index is 0.0258. The van der Waals surface area contributed by atoms with Crippen molar-refractivity contribution in [1.29, 1.82) is 0 Å². The minimum Gasteiger partial charge on any atom is -0.496 e. The number of hydrogen-bond acceptors (Lipinski definition) is 5. The molecule has 0 spiro atoms. The summed E-state index contributed by atoms with van der Waals surface area (Å²) in [6, 6.07) is 17.9. The van der Waals surface area contributed by atoms with E-state index in [1.54, 1.807) is 36.4 Å². The Balaban J connectivity index is 1.69. The van der Waals surface area contributed by atoms with E-state index in [1.807, 2.05) is 38.1 Å². The van der Waals surface area contributed by atoms with E-state index in [0.717, 1.165) is 22.4 Å². The number of hydrogen-bond donors (Lipinski definition) is 1. The number of ether oxygens (including phenoxy) is 2. The first-order chi connectivity index (χ1) is 14.9. The number of rotatable bonds is 7. The Bertz CT molecular complexity index is 1130. The van der Waals surface area contributed by atoms with Gasteiger partial charge in [0.2, 0.25) is 0 Å². The largest absolute Gasteiger partial charge is 0.496 e. The van der Waals surface area contributed by atoms with Crippen LogP contribution in [-0.2, 0) is 11.4 Å². The van der Waals surface area contributed by atoms with E-state index in [0.29, 0.717) is 28.5 Å². The van der Waals surface area contributed by atoms with Crippen molar-refractivity contribution < 1.29 is 19.1 Å². The minimum atomic E-state index is -0.641. The number of aryl methyl sites for hydroxylation is 2. The second-order valence-electron chi connectivity index (χ2n) is 6.96. The van der Waals surface area contributed by atoms with Gasteiger partial charge in [0.15, 0.2) is 5.84 Å². The predicted octanol–water partition coefficient (Wildman–Crippen LogP) is 5.02. The number of methoxy groups -OCH3 is 1. The van der Waals surface area contributed by atoms with Crippen molar-refractivity contribution in [3.8, 4) is 11.5 Å². The number of oxime groups is 1. The van der Waals surface area contributed by atoms with Crippen molar-refractivity contribution in [2.45, 2.75) is 20.5 Å². The van der Waals surface area contributed by atoms with E-state index in [1.165, 1.54) is 7.11 Å². The molecule has 3 rings (SSSR count). The number of carbonyl (C=O) groups is 1. The number of halogens is 1. The lowest BCUT2D eigenvalue weighted by Gasteiger charge is -2.10. The quantitative estimate of drug-likeness (QED) is 0.242. The van der Waals surface area contributed by atoms with Gasteiger partial charge in [0.25, 0.3) is 0 Å². The molecular weight excluding hydrogens is 416 g/mol. The van der Waals surface area contributed by atoms with Crippen LogP contribution in [0.25, 0.3) is 0 Å². The standard InChI is InChI=1S/C24H23ClN2O4/c1-15-7-8-16(2)22(11-15)30-14-17-5-4-6-18(12-17)24(28)31-27-23(26)20-13-19(25)9-10-21(20)29-3/h4-13H,14H2,1-3H3,(H2,26,27). The van der Waals surface area contributed by atoms with Crippen molar-refractivity contribution in [3.05, 3.63) is 93.5 Å². The number of nitrogens with zero attached hydrogens (tertiary/aromatic N) is 1. The average Bonchev–Trinajstić information content (AvgIpc) is 2.78. The molecule has 0 amide bonds. The van der Waals surface area contributed by atoms with Crippen LogP contribution in [0.5, 0.6) is 11.5 Å². The SMILES string of the molecule is COc1ccc(Cl)cc1/C(N)=N/OC(=O)c1cccc(COc2cc(C)ccc2C)c1. The van der Waals surface area contributed by atoms with Gasteiger partial charge in [0.05, 0.1) is 18.2 Å². The zero-order valence-electron chi connectivity index (χ0n) is 17.5. The van der Waals surface area contributed by atoms with Crippen molar-refractivity contribution in [2.24, 2.45) is 10.9 Å². The first kappa shape index (κ1) is 22.2. The summed E-state index contributed by atoms with van der Waals surface area (Å²) in [5.74, 6) is 0.604. The van der Waals surface area contributed by atoms with Gasteiger partial charge in [0, 0.05) is 5.02 Å². The molecule has 6 nitrogen and oxygen atoms in total. The van der Waals surface area contributed by atoms with Crippen LogP contribution >= 0.6 is 11.6 Å². The second-order valence-corrected chi connectivity index (χ2v) is 7.39. The van der Waals surface area contributed by atoms with Gasteiger partial charge in [0.1, 0.15) is 18.1 Å². The van der Waals surface area contributed by atoms with Crippen LogP contribution in [0.4, 0.5) is 0 Å². The Labute approximate surface area is 186 Å². The number of amidine groups is 1. The molecule has 3 aromatic carbocycles. The Morgan fingerprint density at radius 3 is 2.61 bits per heavy atom. The molecule has 7 heteroatoms. The van der Waals surface area contributed by atoms with Gasteiger partial charge in [-0.15, -0.1) is 0 Å². The van der Waals surface area contributed by atoms with Gasteiger partial charge in [-0.25, -0.2) is 4.79 Å². The first-order valence-corrected chi connectivity index (χ1v) is 9.93. The highest BCUT2D eigenvalue weighted by molar-refractivity contribution is 6.31. The first-order valence-electron chi connectivity index (χ1n) is 9.55. The molecule has 31 heavy (non-hydrogen) atoms. The zero-order valence-corrected chi connectivity index (χ0v) is 18.3. The third kappa shape index (κ3) is 5.77. The molecule has 0 saturated carbocycles. The Kier molecular flexibility index (Phi) is 7.15. The fourth-order valence-electron chi connectivity index (χ4n) is 2.88. The molecule has 0 unspecified atom stereocenters. The highest BCUT2D eigenvalue weighted by atomic mass is 35.5. The molecule has 0 bridgehead atoms. The van der Waals surface area contributed by atoms with Gasteiger partial charge >= 0.3 is 5.97 Å². The average molecular weight is 439 g/mol. The molecular formula is C24H23ClN2O4. The normalized spacial score (nSPS) is 11.2. The van der Waals surface area contributed by atoms with Crippen LogP contribution < -0.4 is 15.2 Å². The van der Waals surface area contributed by atoms with Gasteiger partial charge in [-0.05, 0) is 66.9 Å². The van der Waals surface area contributed by atoms with E-state index in [4.69, 9.17) is 31.6 Å². The van der Waals surface area contributed by atoms with E-state index in [9.17, 15) is 4.79 Å². The highest BCUT2D eigenvalue weighted by Gasteiger charge is 2.12. The van der Waals surface area contributed by atoms with Crippen LogP contribution in [0.1, 0.15) is 32.6 Å². The number of nitrogens with two attached hydrogens (primary N) is 1. The molecule has 0 heterocycles. The van der Waals surface area contributed by atoms with E-state index in [-0.39, 0.29) is 5.84 Å². The summed E-state index contributed by atoms with van der Waals surface area (Å²) in [5.41, 5.74) is 9.69. The lowest BCUT2D eigenvalue weighted by Crippen LogP contribution is -2.16. The molecule has 3 aromatic rings. The van der Waals surface area contributed by atoms with Crippen molar-refractivity contribution in [3.63, 3.8) is 0 Å². The fraction of sp³-hybridized carbons (Fsp3) is 0.167. The third-order valence-electron chi connectivity index (χ3n) is 4.57. The van der Waals surface area contributed by atoms with Crippen LogP contribution in [-0.4, -0.2) is 18.9 Å². The molecule has 0 aromatic heterocycles. The lowest BCUT2D eigenvalue weighted by atomic mass is 10.1. The van der Waals surface area contributed by atoms with Gasteiger partial charge in [-0.3, -0.25) is 0 Å². The molecule has 160 valence electrons. The number of benzene rings is 3. The maximum Gasteiger partial charge on any atom is 0.365 e. The van der Waals surface area contributed by atoms with Crippen LogP contribution in [0.15, 0.2) is 65.8 Å². The monoisotopic (exact) mass is 438 g/mol. The zero-order chi connectivity index (χ0) is 22.4. The highest BCUT2D eigenvalue weighted by Crippen LogP contribution is 2.23. The number of carbonyl (C=O) groups excluding carboxylic acids is 1.